The minimum Gasteiger partial charge on any atom is -0.369 e. The predicted octanol–water partition coefficient (Wildman–Crippen LogP) is 3.41. The lowest BCUT2D eigenvalue weighted by Crippen LogP contribution is -2.03. The van der Waals surface area contributed by atoms with E-state index in [0.29, 0.717) is 5.95 Å². The summed E-state index contributed by atoms with van der Waals surface area (Å²) in [6.45, 7) is 0.999. The highest BCUT2D eigenvalue weighted by atomic mass is 127. The monoisotopic (exact) mass is 341 g/mol. The summed E-state index contributed by atoms with van der Waals surface area (Å²) in [7, 11) is 0. The number of imidazole rings is 1. The van der Waals surface area contributed by atoms with Crippen LogP contribution >= 0.6 is 22.6 Å². The van der Waals surface area contributed by atoms with Gasteiger partial charge in [-0.2, -0.15) is 0 Å². The third kappa shape index (κ3) is 2.41. The predicted molar refractivity (Wildman–Crippen MR) is 78.8 cm³/mol. The van der Waals surface area contributed by atoms with Gasteiger partial charge in [-0.25, -0.2) is 4.98 Å². The molecule has 0 unspecified atom stereocenters. The van der Waals surface area contributed by atoms with Gasteiger partial charge in [-0.1, -0.05) is 12.8 Å². The molecule has 0 aliphatic heterocycles. The van der Waals surface area contributed by atoms with Crippen LogP contribution in [0.4, 0.5) is 5.95 Å². The van der Waals surface area contributed by atoms with Crippen molar-refractivity contribution in [3.8, 4) is 0 Å². The normalized spacial score (nSPS) is 15.6. The second kappa shape index (κ2) is 4.48. The number of nitrogen functional groups attached to an aromatic ring is 1. The van der Waals surface area contributed by atoms with Crippen LogP contribution in [0, 0.1) is 9.49 Å². The molecular formula is C13H16IN3. The molecule has 1 aliphatic rings. The second-order valence-electron chi connectivity index (χ2n) is 4.84. The van der Waals surface area contributed by atoms with Crippen molar-refractivity contribution in [1.82, 2.24) is 9.55 Å². The van der Waals surface area contributed by atoms with Gasteiger partial charge in [-0.15, -0.1) is 0 Å². The third-order valence-electron chi connectivity index (χ3n) is 3.43. The minimum absolute atomic E-state index is 0.651. The average Bonchev–Trinajstić information content (AvgIpc) is 3.04. The molecule has 1 aromatic carbocycles. The number of hydrogen-bond acceptors (Lipinski definition) is 2. The summed E-state index contributed by atoms with van der Waals surface area (Å²) >= 11 is 2.30. The highest BCUT2D eigenvalue weighted by molar-refractivity contribution is 14.1. The van der Waals surface area contributed by atoms with Crippen LogP contribution in [0.2, 0.25) is 0 Å². The number of fused-ring (bicyclic) bond motifs is 1. The van der Waals surface area contributed by atoms with Gasteiger partial charge in [-0.05, 0) is 59.5 Å². The van der Waals surface area contributed by atoms with E-state index in [1.807, 2.05) is 0 Å². The Balaban J connectivity index is 1.83. The van der Waals surface area contributed by atoms with E-state index in [2.05, 4.69) is 50.3 Å². The summed E-state index contributed by atoms with van der Waals surface area (Å²) in [4.78, 5) is 4.42. The van der Waals surface area contributed by atoms with Gasteiger partial charge in [0.25, 0.3) is 0 Å². The molecule has 0 bridgehead atoms. The van der Waals surface area contributed by atoms with E-state index in [1.54, 1.807) is 0 Å². The van der Waals surface area contributed by atoms with Crippen molar-refractivity contribution in [3.63, 3.8) is 0 Å². The van der Waals surface area contributed by atoms with Crippen molar-refractivity contribution >= 4 is 39.6 Å². The van der Waals surface area contributed by atoms with Crippen molar-refractivity contribution in [1.29, 1.82) is 0 Å². The summed E-state index contributed by atoms with van der Waals surface area (Å²) in [6, 6.07) is 6.32. The SMILES string of the molecule is Nc1nc2cc(I)ccc2n1CCCC1CC1. The maximum atomic E-state index is 5.99. The van der Waals surface area contributed by atoms with Gasteiger partial charge < -0.3 is 10.3 Å². The molecule has 2 aromatic rings. The van der Waals surface area contributed by atoms with Crippen LogP contribution in [0.25, 0.3) is 11.0 Å². The molecule has 0 spiro atoms. The van der Waals surface area contributed by atoms with Crippen molar-refractivity contribution in [2.24, 2.45) is 5.92 Å². The van der Waals surface area contributed by atoms with Gasteiger partial charge in [0.2, 0.25) is 5.95 Å². The van der Waals surface area contributed by atoms with Gasteiger partial charge in [0.1, 0.15) is 0 Å². The van der Waals surface area contributed by atoms with Crippen molar-refractivity contribution in [2.45, 2.75) is 32.2 Å². The van der Waals surface area contributed by atoms with Crippen molar-refractivity contribution in [2.75, 3.05) is 5.73 Å². The second-order valence-corrected chi connectivity index (χ2v) is 6.09. The zero-order valence-electron chi connectivity index (χ0n) is 9.69. The first-order valence-corrected chi connectivity index (χ1v) is 7.23. The molecule has 0 atom stereocenters. The number of halogens is 1. The molecule has 4 heteroatoms. The number of benzene rings is 1. The first-order valence-electron chi connectivity index (χ1n) is 6.15. The molecule has 2 N–H and O–H groups in total. The molecular weight excluding hydrogens is 325 g/mol. The Morgan fingerprint density at radius 1 is 1.41 bits per heavy atom. The quantitative estimate of drug-likeness (QED) is 0.866. The van der Waals surface area contributed by atoms with E-state index >= 15 is 0 Å². The molecule has 3 nitrogen and oxygen atoms in total. The van der Waals surface area contributed by atoms with Gasteiger partial charge in [0.15, 0.2) is 0 Å². The topological polar surface area (TPSA) is 43.8 Å². The Hall–Kier alpha value is -0.780. The number of aromatic nitrogens is 2. The molecule has 1 aliphatic carbocycles. The zero-order valence-corrected chi connectivity index (χ0v) is 11.9. The Bertz CT molecular complexity index is 543. The van der Waals surface area contributed by atoms with Crippen LogP contribution in [-0.2, 0) is 6.54 Å². The molecule has 0 amide bonds. The maximum absolute atomic E-state index is 5.99. The Labute approximate surface area is 115 Å². The summed E-state index contributed by atoms with van der Waals surface area (Å²) < 4.78 is 3.35. The summed E-state index contributed by atoms with van der Waals surface area (Å²) in [5.74, 6) is 1.64. The van der Waals surface area contributed by atoms with Crippen molar-refractivity contribution in [3.05, 3.63) is 21.8 Å². The number of hydrogen-bond donors (Lipinski definition) is 1. The van der Waals surface area contributed by atoms with E-state index in [0.717, 1.165) is 18.0 Å². The van der Waals surface area contributed by atoms with Crippen LogP contribution in [0.5, 0.6) is 0 Å². The van der Waals surface area contributed by atoms with Crippen molar-refractivity contribution < 1.29 is 0 Å². The minimum atomic E-state index is 0.651. The fourth-order valence-electron chi connectivity index (χ4n) is 2.30. The molecule has 1 aromatic heterocycles. The lowest BCUT2D eigenvalue weighted by atomic mass is 10.2. The average molecular weight is 341 g/mol. The van der Waals surface area contributed by atoms with E-state index in [4.69, 9.17) is 5.73 Å². The molecule has 1 fully saturated rings. The molecule has 1 heterocycles. The van der Waals surface area contributed by atoms with Gasteiger partial charge in [0, 0.05) is 10.1 Å². The van der Waals surface area contributed by atoms with Crippen LogP contribution in [0.3, 0.4) is 0 Å². The van der Waals surface area contributed by atoms with Crippen LogP contribution < -0.4 is 5.73 Å². The maximum Gasteiger partial charge on any atom is 0.201 e. The van der Waals surface area contributed by atoms with E-state index in [-0.39, 0.29) is 0 Å². The number of rotatable bonds is 4. The van der Waals surface area contributed by atoms with Crippen LogP contribution in [0.1, 0.15) is 25.7 Å². The highest BCUT2D eigenvalue weighted by Gasteiger charge is 2.20. The smallest absolute Gasteiger partial charge is 0.201 e. The van der Waals surface area contributed by atoms with Gasteiger partial charge in [-0.3, -0.25) is 0 Å². The lowest BCUT2D eigenvalue weighted by Gasteiger charge is -2.05. The Morgan fingerprint density at radius 2 is 2.24 bits per heavy atom. The first kappa shape index (κ1) is 11.3. The number of nitrogens with zero attached hydrogens (tertiary/aromatic N) is 2. The molecule has 90 valence electrons. The fraction of sp³-hybridized carbons (Fsp3) is 0.462. The first-order chi connectivity index (χ1) is 8.24. The number of anilines is 1. The standard InChI is InChI=1S/C13H16IN3/c14-10-5-6-12-11(8-10)16-13(15)17(12)7-1-2-9-3-4-9/h5-6,8-9H,1-4,7H2,(H2,15,16). The Kier molecular flexibility index (Phi) is 2.98. The number of aryl methyl sites for hydroxylation is 1. The molecule has 17 heavy (non-hydrogen) atoms. The molecule has 0 saturated heterocycles. The van der Waals surface area contributed by atoms with Crippen LogP contribution in [-0.4, -0.2) is 9.55 Å². The van der Waals surface area contributed by atoms with Crippen LogP contribution in [0.15, 0.2) is 18.2 Å². The van der Waals surface area contributed by atoms with Gasteiger partial charge in [0.05, 0.1) is 11.0 Å². The lowest BCUT2D eigenvalue weighted by molar-refractivity contribution is 0.590. The van der Waals surface area contributed by atoms with E-state index in [9.17, 15) is 0 Å². The van der Waals surface area contributed by atoms with E-state index in [1.165, 1.54) is 34.8 Å². The number of nitrogens with two attached hydrogens (primary N) is 1. The molecule has 0 radical (unpaired) electrons. The van der Waals surface area contributed by atoms with Gasteiger partial charge >= 0.3 is 0 Å². The summed E-state index contributed by atoms with van der Waals surface area (Å²) in [5, 5.41) is 0. The Morgan fingerprint density at radius 3 is 3.00 bits per heavy atom. The summed E-state index contributed by atoms with van der Waals surface area (Å²) in [5.41, 5.74) is 8.17. The molecule has 1 saturated carbocycles. The molecule has 3 rings (SSSR count). The third-order valence-corrected chi connectivity index (χ3v) is 4.10. The zero-order chi connectivity index (χ0) is 11.8. The largest absolute Gasteiger partial charge is 0.369 e. The highest BCUT2D eigenvalue weighted by Crippen LogP contribution is 2.34. The summed E-state index contributed by atoms with van der Waals surface area (Å²) in [6.07, 6.45) is 5.41. The fourth-order valence-corrected chi connectivity index (χ4v) is 2.78. The van der Waals surface area contributed by atoms with E-state index < -0.39 is 0 Å².